The minimum absolute atomic E-state index is 0.317. The number of nitrogens with one attached hydrogen (secondary N) is 1. The van der Waals surface area contributed by atoms with Gasteiger partial charge in [0.25, 0.3) is 0 Å². The summed E-state index contributed by atoms with van der Waals surface area (Å²) in [4.78, 5) is 25.9. The fourth-order valence-corrected chi connectivity index (χ4v) is 4.02. The van der Waals surface area contributed by atoms with E-state index in [9.17, 15) is 9.90 Å². The molecule has 0 spiro atoms. The van der Waals surface area contributed by atoms with Gasteiger partial charge in [-0.1, -0.05) is 0 Å². The summed E-state index contributed by atoms with van der Waals surface area (Å²) >= 11 is 0. The monoisotopic (exact) mass is 447 g/mol. The van der Waals surface area contributed by atoms with Crippen molar-refractivity contribution in [3.63, 3.8) is 0 Å². The molecule has 2 N–H and O–H groups in total. The molecule has 0 amide bonds. The zero-order valence-corrected chi connectivity index (χ0v) is 18.5. The average molecular weight is 447 g/mol. The van der Waals surface area contributed by atoms with Crippen LogP contribution < -0.4 is 5.32 Å². The Bertz CT molecular complexity index is 1310. The first-order valence-corrected chi connectivity index (χ1v) is 10.8. The molecule has 33 heavy (non-hydrogen) atoms. The number of anilines is 2. The van der Waals surface area contributed by atoms with Gasteiger partial charge >= 0.3 is 0 Å². The number of fused-ring (bicyclic) bond motifs is 1. The maximum Gasteiger partial charge on any atom is 0.229 e. The van der Waals surface area contributed by atoms with Crippen LogP contribution in [0.5, 0.6) is 0 Å². The SMILES string of the molecule is CCn1cc(C=O)c2cc(Nc3nccc(-n4cc(CN5CC(O)CO5)c(C)n4)n3)ccc21. The van der Waals surface area contributed by atoms with Gasteiger partial charge in [0.1, 0.15) is 0 Å². The van der Waals surface area contributed by atoms with Gasteiger partial charge in [-0.15, -0.1) is 0 Å². The Hall–Kier alpha value is -3.60. The Kier molecular flexibility index (Phi) is 5.63. The van der Waals surface area contributed by atoms with E-state index in [4.69, 9.17) is 4.84 Å². The summed E-state index contributed by atoms with van der Waals surface area (Å²) in [5, 5.41) is 20.1. The van der Waals surface area contributed by atoms with E-state index in [1.807, 2.05) is 49.0 Å². The molecule has 0 bridgehead atoms. The number of benzene rings is 1. The van der Waals surface area contributed by atoms with Crippen LogP contribution in [0.3, 0.4) is 0 Å². The molecular weight excluding hydrogens is 422 g/mol. The quantitative estimate of drug-likeness (QED) is 0.416. The molecule has 0 aliphatic carbocycles. The van der Waals surface area contributed by atoms with Gasteiger partial charge in [-0.2, -0.15) is 15.1 Å². The van der Waals surface area contributed by atoms with Crippen molar-refractivity contribution < 1.29 is 14.7 Å². The molecule has 170 valence electrons. The van der Waals surface area contributed by atoms with Crippen molar-refractivity contribution in [1.82, 2.24) is 29.4 Å². The smallest absolute Gasteiger partial charge is 0.229 e. The molecule has 1 aliphatic heterocycles. The summed E-state index contributed by atoms with van der Waals surface area (Å²) in [5.74, 6) is 1.05. The minimum atomic E-state index is -0.460. The Morgan fingerprint density at radius 2 is 2.18 bits per heavy atom. The highest BCUT2D eigenvalue weighted by molar-refractivity contribution is 5.99. The number of aliphatic hydroxyl groups is 1. The molecule has 0 saturated carbocycles. The van der Waals surface area contributed by atoms with E-state index in [1.54, 1.807) is 22.0 Å². The average Bonchev–Trinajstić information content (AvgIpc) is 3.50. The molecule has 1 saturated heterocycles. The van der Waals surface area contributed by atoms with Crippen molar-refractivity contribution >= 4 is 28.8 Å². The van der Waals surface area contributed by atoms with Gasteiger partial charge in [0.05, 0.1) is 31.5 Å². The standard InChI is InChI=1S/C23H25N7O3/c1-3-28-9-17(13-31)20-8-18(4-5-21(20)28)25-23-24-7-6-22(26-23)30-11-16(15(2)27-30)10-29-12-19(32)14-33-29/h4-9,11,13,19,32H,3,10,12,14H2,1-2H3,(H,24,25,26). The Morgan fingerprint density at radius 3 is 2.94 bits per heavy atom. The van der Waals surface area contributed by atoms with Gasteiger partial charge in [-0.05, 0) is 32.0 Å². The lowest BCUT2D eigenvalue weighted by Crippen LogP contribution is -2.20. The van der Waals surface area contributed by atoms with Gasteiger partial charge in [0.2, 0.25) is 5.95 Å². The van der Waals surface area contributed by atoms with Crippen LogP contribution in [0.15, 0.2) is 42.9 Å². The molecule has 1 atom stereocenters. The van der Waals surface area contributed by atoms with E-state index in [1.165, 1.54) is 0 Å². The number of hydroxylamine groups is 2. The van der Waals surface area contributed by atoms with E-state index < -0.39 is 6.10 Å². The maximum atomic E-state index is 11.5. The number of hydrogen-bond acceptors (Lipinski definition) is 8. The number of carbonyl (C=O) groups excluding carboxylic acids is 1. The molecule has 1 aliphatic rings. The molecule has 4 heterocycles. The fraction of sp³-hybridized carbons (Fsp3) is 0.304. The third-order valence-corrected chi connectivity index (χ3v) is 5.72. The van der Waals surface area contributed by atoms with Crippen LogP contribution in [0, 0.1) is 6.92 Å². The zero-order valence-electron chi connectivity index (χ0n) is 18.5. The lowest BCUT2D eigenvalue weighted by atomic mass is 10.1. The van der Waals surface area contributed by atoms with E-state index in [2.05, 4.69) is 20.4 Å². The van der Waals surface area contributed by atoms with Crippen LogP contribution in [0.4, 0.5) is 11.6 Å². The number of nitrogens with zero attached hydrogens (tertiary/aromatic N) is 6. The molecule has 10 nitrogen and oxygen atoms in total. The number of aldehydes is 1. The van der Waals surface area contributed by atoms with Crippen LogP contribution in [0.2, 0.25) is 0 Å². The van der Waals surface area contributed by atoms with Crippen LogP contribution in [-0.4, -0.2) is 60.0 Å². The Morgan fingerprint density at radius 1 is 1.30 bits per heavy atom. The molecule has 5 rings (SSSR count). The molecule has 3 aromatic heterocycles. The van der Waals surface area contributed by atoms with E-state index in [0.717, 1.165) is 40.7 Å². The largest absolute Gasteiger partial charge is 0.389 e. The highest BCUT2D eigenvalue weighted by Crippen LogP contribution is 2.25. The van der Waals surface area contributed by atoms with Crippen molar-refractivity contribution in [3.8, 4) is 5.82 Å². The second-order valence-electron chi connectivity index (χ2n) is 8.04. The van der Waals surface area contributed by atoms with Crippen LogP contribution in [0.1, 0.15) is 28.5 Å². The third kappa shape index (κ3) is 4.23. The van der Waals surface area contributed by atoms with E-state index in [0.29, 0.717) is 37.0 Å². The predicted molar refractivity (Wildman–Crippen MR) is 123 cm³/mol. The van der Waals surface area contributed by atoms with Crippen LogP contribution in [-0.2, 0) is 17.9 Å². The normalized spacial score (nSPS) is 16.5. The number of β-amino-alcohol motifs (C(OH)–C–C–N with tert-alkyl or cyclic N) is 1. The fourth-order valence-electron chi connectivity index (χ4n) is 4.02. The number of hydrogen-bond donors (Lipinski definition) is 2. The number of aliphatic hydroxyl groups excluding tert-OH is 1. The van der Waals surface area contributed by atoms with Crippen LogP contribution in [0.25, 0.3) is 16.7 Å². The van der Waals surface area contributed by atoms with Gasteiger partial charge < -0.3 is 15.0 Å². The lowest BCUT2D eigenvalue weighted by Gasteiger charge is -2.12. The van der Waals surface area contributed by atoms with Gasteiger partial charge in [-0.3, -0.25) is 9.63 Å². The second kappa shape index (κ2) is 8.74. The number of aromatic nitrogens is 5. The van der Waals surface area contributed by atoms with E-state index >= 15 is 0 Å². The van der Waals surface area contributed by atoms with Gasteiger partial charge in [-0.25, -0.2) is 9.67 Å². The molecule has 1 fully saturated rings. The third-order valence-electron chi connectivity index (χ3n) is 5.72. The highest BCUT2D eigenvalue weighted by atomic mass is 16.7. The highest BCUT2D eigenvalue weighted by Gasteiger charge is 2.23. The van der Waals surface area contributed by atoms with Crippen molar-refractivity contribution in [3.05, 3.63) is 59.7 Å². The maximum absolute atomic E-state index is 11.5. The predicted octanol–water partition coefficient (Wildman–Crippen LogP) is 2.61. The summed E-state index contributed by atoms with van der Waals surface area (Å²) in [5.41, 5.74) is 4.30. The van der Waals surface area contributed by atoms with E-state index in [-0.39, 0.29) is 0 Å². The van der Waals surface area contributed by atoms with Crippen molar-refractivity contribution in [2.24, 2.45) is 0 Å². The molecule has 4 aromatic rings. The minimum Gasteiger partial charge on any atom is -0.389 e. The number of rotatable bonds is 7. The first-order chi connectivity index (χ1) is 16.0. The summed E-state index contributed by atoms with van der Waals surface area (Å²) in [7, 11) is 0. The zero-order chi connectivity index (χ0) is 22.9. The summed E-state index contributed by atoms with van der Waals surface area (Å²) < 4.78 is 3.75. The Labute approximate surface area is 190 Å². The summed E-state index contributed by atoms with van der Waals surface area (Å²) in [6.45, 7) is 6.10. The van der Waals surface area contributed by atoms with Crippen molar-refractivity contribution in [2.45, 2.75) is 33.0 Å². The molecule has 1 unspecified atom stereocenters. The van der Waals surface area contributed by atoms with Crippen molar-refractivity contribution in [1.29, 1.82) is 0 Å². The lowest BCUT2D eigenvalue weighted by molar-refractivity contribution is -0.118. The second-order valence-corrected chi connectivity index (χ2v) is 8.04. The molecule has 0 radical (unpaired) electrons. The molecule has 10 heteroatoms. The summed E-state index contributed by atoms with van der Waals surface area (Å²) in [6.07, 6.45) is 5.86. The first kappa shape index (κ1) is 21.3. The topological polar surface area (TPSA) is 110 Å². The number of aryl methyl sites for hydroxylation is 2. The molecular formula is C23H25N7O3. The number of carbonyl (C=O) groups is 1. The first-order valence-electron chi connectivity index (χ1n) is 10.8. The van der Waals surface area contributed by atoms with Crippen molar-refractivity contribution in [2.75, 3.05) is 18.5 Å². The summed E-state index contributed by atoms with van der Waals surface area (Å²) in [6, 6.07) is 7.65. The van der Waals surface area contributed by atoms with Gasteiger partial charge in [0.15, 0.2) is 12.1 Å². The Balaban J connectivity index is 1.38. The molecule has 1 aromatic carbocycles. The van der Waals surface area contributed by atoms with Gasteiger partial charge in [0, 0.05) is 58.9 Å². The van der Waals surface area contributed by atoms with Crippen LogP contribution >= 0.6 is 0 Å².